The summed E-state index contributed by atoms with van der Waals surface area (Å²) >= 11 is 0. The van der Waals surface area contributed by atoms with Crippen LogP contribution >= 0.6 is 0 Å². The maximum atomic E-state index is 13.7. The van der Waals surface area contributed by atoms with Gasteiger partial charge in [-0.2, -0.15) is 4.31 Å². The molecular formula is C19H23FN2O3S. The zero-order valence-electron chi connectivity index (χ0n) is 15.1. The largest absolute Gasteiger partial charge is 0.337 e. The molecule has 0 heterocycles. The summed E-state index contributed by atoms with van der Waals surface area (Å²) in [6.45, 7) is 4.44. The van der Waals surface area contributed by atoms with Crippen LogP contribution in [0, 0.1) is 5.82 Å². The van der Waals surface area contributed by atoms with E-state index in [9.17, 15) is 17.6 Å². The summed E-state index contributed by atoms with van der Waals surface area (Å²) in [4.78, 5) is 14.1. The molecule has 2 aromatic rings. The minimum atomic E-state index is -3.56. The maximum absolute atomic E-state index is 13.7. The zero-order chi connectivity index (χ0) is 19.3. The van der Waals surface area contributed by atoms with Gasteiger partial charge in [0, 0.05) is 37.8 Å². The summed E-state index contributed by atoms with van der Waals surface area (Å²) in [7, 11) is -1.98. The molecule has 1 amide bonds. The average molecular weight is 378 g/mol. The first-order chi connectivity index (χ1) is 12.3. The van der Waals surface area contributed by atoms with Crippen molar-refractivity contribution in [2.45, 2.75) is 25.3 Å². The Morgan fingerprint density at radius 3 is 2.12 bits per heavy atom. The molecule has 0 bridgehead atoms. The molecule has 0 aliphatic heterocycles. The van der Waals surface area contributed by atoms with Crippen LogP contribution < -0.4 is 0 Å². The van der Waals surface area contributed by atoms with Gasteiger partial charge in [-0.05, 0) is 30.3 Å². The van der Waals surface area contributed by atoms with Gasteiger partial charge in [0.2, 0.25) is 10.0 Å². The SMILES string of the molecule is CCN(CC)S(=O)(=O)c1ccc(C(=O)N(C)Cc2ccccc2F)cc1. The Hall–Kier alpha value is -2.25. The Kier molecular flexibility index (Phi) is 6.50. The Bertz CT molecular complexity index is 863. The molecule has 0 spiro atoms. The summed E-state index contributed by atoms with van der Waals surface area (Å²) in [6.07, 6.45) is 0. The van der Waals surface area contributed by atoms with E-state index in [1.807, 2.05) is 0 Å². The Morgan fingerprint density at radius 2 is 1.58 bits per heavy atom. The van der Waals surface area contributed by atoms with Crippen molar-refractivity contribution in [3.63, 3.8) is 0 Å². The quantitative estimate of drug-likeness (QED) is 0.744. The number of rotatable bonds is 7. The highest BCUT2D eigenvalue weighted by Gasteiger charge is 2.22. The fourth-order valence-corrected chi connectivity index (χ4v) is 4.11. The van der Waals surface area contributed by atoms with Crippen LogP contribution in [0.4, 0.5) is 4.39 Å². The van der Waals surface area contributed by atoms with Gasteiger partial charge in [-0.3, -0.25) is 4.79 Å². The highest BCUT2D eigenvalue weighted by Crippen LogP contribution is 2.18. The average Bonchev–Trinajstić information content (AvgIpc) is 2.64. The fraction of sp³-hybridized carbons (Fsp3) is 0.316. The van der Waals surface area contributed by atoms with Crippen LogP contribution in [0.2, 0.25) is 0 Å². The number of carbonyl (C=O) groups is 1. The third-order valence-corrected chi connectivity index (χ3v) is 6.22. The maximum Gasteiger partial charge on any atom is 0.253 e. The van der Waals surface area contributed by atoms with Crippen molar-refractivity contribution < 1.29 is 17.6 Å². The van der Waals surface area contributed by atoms with Crippen molar-refractivity contribution in [2.75, 3.05) is 20.1 Å². The van der Waals surface area contributed by atoms with Crippen molar-refractivity contribution >= 4 is 15.9 Å². The summed E-state index contributed by atoms with van der Waals surface area (Å²) in [5.74, 6) is -0.673. The highest BCUT2D eigenvalue weighted by atomic mass is 32.2. The molecule has 0 aromatic heterocycles. The zero-order valence-corrected chi connectivity index (χ0v) is 16.0. The standard InChI is InChI=1S/C19H23FN2O3S/c1-4-22(5-2)26(24,25)17-12-10-15(11-13-17)19(23)21(3)14-16-8-6-7-9-18(16)20/h6-13H,4-5,14H2,1-3H3. The lowest BCUT2D eigenvalue weighted by Crippen LogP contribution is -2.30. The fourth-order valence-electron chi connectivity index (χ4n) is 2.66. The van der Waals surface area contributed by atoms with Gasteiger partial charge in [-0.1, -0.05) is 32.0 Å². The molecule has 0 aliphatic carbocycles. The van der Waals surface area contributed by atoms with Gasteiger partial charge in [0.15, 0.2) is 0 Å². The van der Waals surface area contributed by atoms with E-state index >= 15 is 0 Å². The number of hydrogen-bond donors (Lipinski definition) is 0. The van der Waals surface area contributed by atoms with Gasteiger partial charge in [-0.25, -0.2) is 12.8 Å². The lowest BCUT2D eigenvalue weighted by Gasteiger charge is -2.20. The first-order valence-corrected chi connectivity index (χ1v) is 9.84. The molecule has 2 rings (SSSR count). The minimum absolute atomic E-state index is 0.130. The van der Waals surface area contributed by atoms with Crippen molar-refractivity contribution in [1.82, 2.24) is 9.21 Å². The summed E-state index contributed by atoms with van der Waals surface area (Å²) in [5, 5.41) is 0. The minimum Gasteiger partial charge on any atom is -0.337 e. The van der Waals surface area contributed by atoms with Crippen LogP contribution in [0.15, 0.2) is 53.4 Å². The molecule has 0 atom stereocenters. The number of carbonyl (C=O) groups excluding carboxylic acids is 1. The molecular weight excluding hydrogens is 355 g/mol. The third-order valence-electron chi connectivity index (χ3n) is 4.16. The summed E-state index contributed by atoms with van der Waals surface area (Å²) < 4.78 is 40.0. The van der Waals surface area contributed by atoms with E-state index in [2.05, 4.69) is 0 Å². The molecule has 0 saturated heterocycles. The van der Waals surface area contributed by atoms with E-state index in [1.165, 1.54) is 39.5 Å². The van der Waals surface area contributed by atoms with Crippen LogP contribution in [0.25, 0.3) is 0 Å². The Morgan fingerprint density at radius 1 is 1.00 bits per heavy atom. The number of amides is 1. The number of hydrogen-bond acceptors (Lipinski definition) is 3. The molecule has 0 saturated carbocycles. The van der Waals surface area contributed by atoms with Gasteiger partial charge < -0.3 is 4.90 Å². The topological polar surface area (TPSA) is 57.7 Å². The smallest absolute Gasteiger partial charge is 0.253 e. The van der Waals surface area contributed by atoms with Gasteiger partial charge in [0.1, 0.15) is 5.82 Å². The molecule has 0 aliphatic rings. The molecule has 26 heavy (non-hydrogen) atoms. The van der Waals surface area contributed by atoms with Crippen LogP contribution in [0.3, 0.4) is 0 Å². The second-order valence-corrected chi connectivity index (χ2v) is 7.80. The molecule has 0 N–H and O–H groups in total. The van der Waals surface area contributed by atoms with Crippen LogP contribution in [-0.2, 0) is 16.6 Å². The normalized spacial score (nSPS) is 11.6. The third kappa shape index (κ3) is 4.28. The number of sulfonamides is 1. The first kappa shape index (κ1) is 20.1. The van der Waals surface area contributed by atoms with E-state index in [0.717, 1.165) is 0 Å². The monoisotopic (exact) mass is 378 g/mol. The van der Waals surface area contributed by atoms with E-state index in [-0.39, 0.29) is 23.2 Å². The van der Waals surface area contributed by atoms with Gasteiger partial charge in [-0.15, -0.1) is 0 Å². The van der Waals surface area contributed by atoms with Crippen LogP contribution in [0.1, 0.15) is 29.8 Å². The van der Waals surface area contributed by atoms with E-state index in [4.69, 9.17) is 0 Å². The lowest BCUT2D eigenvalue weighted by molar-refractivity contribution is 0.0783. The second-order valence-electron chi connectivity index (χ2n) is 5.87. The van der Waals surface area contributed by atoms with E-state index in [1.54, 1.807) is 39.1 Å². The number of nitrogens with zero attached hydrogens (tertiary/aromatic N) is 2. The van der Waals surface area contributed by atoms with Crippen molar-refractivity contribution in [3.05, 3.63) is 65.5 Å². The first-order valence-electron chi connectivity index (χ1n) is 8.40. The molecule has 140 valence electrons. The van der Waals surface area contributed by atoms with E-state index < -0.39 is 10.0 Å². The van der Waals surface area contributed by atoms with Crippen molar-refractivity contribution in [1.29, 1.82) is 0 Å². The van der Waals surface area contributed by atoms with Crippen molar-refractivity contribution in [2.24, 2.45) is 0 Å². The van der Waals surface area contributed by atoms with Crippen molar-refractivity contribution in [3.8, 4) is 0 Å². The molecule has 2 aromatic carbocycles. The lowest BCUT2D eigenvalue weighted by atomic mass is 10.1. The number of benzene rings is 2. The van der Waals surface area contributed by atoms with Crippen LogP contribution in [0.5, 0.6) is 0 Å². The molecule has 7 heteroatoms. The Balaban J connectivity index is 2.17. The van der Waals surface area contributed by atoms with E-state index in [0.29, 0.717) is 24.2 Å². The second kappa shape index (κ2) is 8.42. The van der Waals surface area contributed by atoms with Crippen LogP contribution in [-0.4, -0.2) is 43.7 Å². The Labute approximate surface area is 154 Å². The highest BCUT2D eigenvalue weighted by molar-refractivity contribution is 7.89. The number of halogens is 1. The van der Waals surface area contributed by atoms with Gasteiger partial charge >= 0.3 is 0 Å². The summed E-state index contributed by atoms with van der Waals surface area (Å²) in [6, 6.07) is 12.1. The van der Waals surface area contributed by atoms with Gasteiger partial charge in [0.25, 0.3) is 5.91 Å². The predicted molar refractivity (Wildman–Crippen MR) is 98.7 cm³/mol. The molecule has 0 fully saturated rings. The van der Waals surface area contributed by atoms with Gasteiger partial charge in [0.05, 0.1) is 4.90 Å². The predicted octanol–water partition coefficient (Wildman–Crippen LogP) is 3.13. The summed E-state index contributed by atoms with van der Waals surface area (Å²) in [5.41, 5.74) is 0.770. The molecule has 0 unspecified atom stereocenters. The molecule has 0 radical (unpaired) electrons. The molecule has 5 nitrogen and oxygen atoms in total.